The molecule has 3 heterocycles. The van der Waals surface area contributed by atoms with Crippen LogP contribution < -0.4 is 0 Å². The zero-order chi connectivity index (χ0) is 16.9. The first-order chi connectivity index (χ1) is 12.4. The number of ether oxygens (including phenoxy) is 1. The molecule has 3 aromatic rings. The van der Waals surface area contributed by atoms with Gasteiger partial charge in [-0.3, -0.25) is 9.88 Å². The number of pyridine rings is 1. The summed E-state index contributed by atoms with van der Waals surface area (Å²) in [6.45, 7) is 5.44. The molecule has 1 aromatic carbocycles. The Balaban J connectivity index is 1.46. The molecule has 1 aliphatic heterocycles. The van der Waals surface area contributed by atoms with E-state index in [4.69, 9.17) is 4.74 Å². The molecule has 0 amide bonds. The normalized spacial score (nSPS) is 15.4. The largest absolute Gasteiger partial charge is 0.379 e. The Hall–Kier alpha value is -2.50. The summed E-state index contributed by atoms with van der Waals surface area (Å²) in [6.07, 6.45) is 7.53. The molecule has 0 unspecified atom stereocenters. The van der Waals surface area contributed by atoms with E-state index in [0.29, 0.717) is 0 Å². The molecule has 0 aliphatic carbocycles. The number of hydrogen-bond donors (Lipinski definition) is 0. The molecule has 1 aliphatic rings. The number of nitrogens with zero attached hydrogens (tertiary/aromatic N) is 4. The van der Waals surface area contributed by atoms with E-state index in [1.54, 1.807) is 6.20 Å². The van der Waals surface area contributed by atoms with E-state index >= 15 is 0 Å². The molecular formula is C20H22N4O. The highest BCUT2D eigenvalue weighted by atomic mass is 16.5. The van der Waals surface area contributed by atoms with E-state index in [1.165, 1.54) is 16.7 Å². The SMILES string of the molecule is c1cc(CN2CCOCC2)cc(-c2ccc(Cn3ccnc3)cn2)c1. The zero-order valence-electron chi connectivity index (χ0n) is 14.2. The molecule has 1 saturated heterocycles. The summed E-state index contributed by atoms with van der Waals surface area (Å²) >= 11 is 0. The third-order valence-corrected chi connectivity index (χ3v) is 4.48. The molecule has 0 atom stereocenters. The van der Waals surface area contributed by atoms with Crippen LogP contribution in [0, 0.1) is 0 Å². The first-order valence-electron chi connectivity index (χ1n) is 8.67. The molecule has 5 heteroatoms. The van der Waals surface area contributed by atoms with Gasteiger partial charge in [0.05, 0.1) is 25.2 Å². The summed E-state index contributed by atoms with van der Waals surface area (Å²) in [5.74, 6) is 0. The Labute approximate surface area is 147 Å². The minimum Gasteiger partial charge on any atom is -0.379 e. The average Bonchev–Trinajstić information content (AvgIpc) is 3.16. The monoisotopic (exact) mass is 334 g/mol. The molecule has 0 saturated carbocycles. The van der Waals surface area contributed by atoms with Gasteiger partial charge in [0.15, 0.2) is 0 Å². The van der Waals surface area contributed by atoms with Crippen molar-refractivity contribution in [3.05, 3.63) is 72.4 Å². The number of morpholine rings is 1. The first kappa shape index (κ1) is 16.0. The van der Waals surface area contributed by atoms with Crippen molar-refractivity contribution in [2.75, 3.05) is 26.3 Å². The van der Waals surface area contributed by atoms with Gasteiger partial charge in [-0.25, -0.2) is 4.98 Å². The number of rotatable bonds is 5. The molecule has 25 heavy (non-hydrogen) atoms. The van der Waals surface area contributed by atoms with Gasteiger partial charge in [-0.15, -0.1) is 0 Å². The predicted octanol–water partition coefficient (Wildman–Crippen LogP) is 2.83. The fourth-order valence-corrected chi connectivity index (χ4v) is 3.13. The van der Waals surface area contributed by atoms with E-state index in [2.05, 4.69) is 51.3 Å². The summed E-state index contributed by atoms with van der Waals surface area (Å²) in [5.41, 5.74) is 4.67. The van der Waals surface area contributed by atoms with Crippen molar-refractivity contribution in [1.82, 2.24) is 19.4 Å². The van der Waals surface area contributed by atoms with Crippen LogP contribution in [0.15, 0.2) is 61.3 Å². The fraction of sp³-hybridized carbons (Fsp3) is 0.300. The summed E-state index contributed by atoms with van der Waals surface area (Å²) < 4.78 is 7.46. The standard InChI is InChI=1S/C20H22N4O/c1-2-17(14-23-8-10-25-11-9-23)12-19(3-1)20-5-4-18(13-22-20)15-24-7-6-21-16-24/h1-7,12-13,16H,8-11,14-15H2. The van der Waals surface area contributed by atoms with E-state index < -0.39 is 0 Å². The maximum absolute atomic E-state index is 5.42. The van der Waals surface area contributed by atoms with Crippen molar-refractivity contribution < 1.29 is 4.74 Å². The number of aromatic nitrogens is 3. The van der Waals surface area contributed by atoms with E-state index in [9.17, 15) is 0 Å². The second-order valence-electron chi connectivity index (χ2n) is 6.38. The van der Waals surface area contributed by atoms with Crippen LogP contribution in [0.3, 0.4) is 0 Å². The van der Waals surface area contributed by atoms with Gasteiger partial charge in [0.1, 0.15) is 0 Å². The molecule has 128 valence electrons. The summed E-state index contributed by atoms with van der Waals surface area (Å²) in [4.78, 5) is 11.2. The molecule has 0 spiro atoms. The van der Waals surface area contributed by atoms with Crippen molar-refractivity contribution in [3.63, 3.8) is 0 Å². The number of hydrogen-bond acceptors (Lipinski definition) is 4. The lowest BCUT2D eigenvalue weighted by molar-refractivity contribution is 0.0342. The van der Waals surface area contributed by atoms with E-state index in [0.717, 1.165) is 45.1 Å². The third-order valence-electron chi connectivity index (χ3n) is 4.48. The lowest BCUT2D eigenvalue weighted by atomic mass is 10.1. The van der Waals surface area contributed by atoms with Gasteiger partial charge in [0, 0.05) is 50.3 Å². The predicted molar refractivity (Wildman–Crippen MR) is 97.1 cm³/mol. The van der Waals surface area contributed by atoms with Crippen molar-refractivity contribution in [1.29, 1.82) is 0 Å². The first-order valence-corrected chi connectivity index (χ1v) is 8.67. The van der Waals surface area contributed by atoms with Crippen molar-refractivity contribution >= 4 is 0 Å². The minimum atomic E-state index is 0.796. The van der Waals surface area contributed by atoms with Crippen LogP contribution in [0.25, 0.3) is 11.3 Å². The molecule has 4 rings (SSSR count). The smallest absolute Gasteiger partial charge is 0.0949 e. The Morgan fingerprint density at radius 1 is 1.00 bits per heavy atom. The summed E-state index contributed by atoms with van der Waals surface area (Å²) in [7, 11) is 0. The van der Waals surface area contributed by atoms with Crippen molar-refractivity contribution in [3.8, 4) is 11.3 Å². The van der Waals surface area contributed by atoms with Crippen LogP contribution in [0.4, 0.5) is 0 Å². The lowest BCUT2D eigenvalue weighted by Gasteiger charge is -2.26. The number of imidazole rings is 1. The molecule has 0 N–H and O–H groups in total. The topological polar surface area (TPSA) is 43.2 Å². The third kappa shape index (κ3) is 4.13. The van der Waals surface area contributed by atoms with Gasteiger partial charge < -0.3 is 9.30 Å². The Kier molecular flexibility index (Phi) is 4.86. The maximum atomic E-state index is 5.42. The molecule has 1 fully saturated rings. The highest BCUT2D eigenvalue weighted by Gasteiger charge is 2.11. The highest BCUT2D eigenvalue weighted by molar-refractivity contribution is 5.60. The molecule has 0 bridgehead atoms. The molecule has 0 radical (unpaired) electrons. The zero-order valence-corrected chi connectivity index (χ0v) is 14.2. The average molecular weight is 334 g/mol. The van der Waals surface area contributed by atoms with Crippen LogP contribution in [0.5, 0.6) is 0 Å². The van der Waals surface area contributed by atoms with E-state index in [-0.39, 0.29) is 0 Å². The summed E-state index contributed by atoms with van der Waals surface area (Å²) in [5, 5.41) is 0. The van der Waals surface area contributed by atoms with Gasteiger partial charge in [0.2, 0.25) is 0 Å². The maximum Gasteiger partial charge on any atom is 0.0949 e. The molecule has 5 nitrogen and oxygen atoms in total. The quantitative estimate of drug-likeness (QED) is 0.720. The fourth-order valence-electron chi connectivity index (χ4n) is 3.13. The Morgan fingerprint density at radius 2 is 1.92 bits per heavy atom. The molecule has 2 aromatic heterocycles. The van der Waals surface area contributed by atoms with Crippen molar-refractivity contribution in [2.24, 2.45) is 0 Å². The van der Waals surface area contributed by atoms with Crippen LogP contribution in [-0.4, -0.2) is 45.7 Å². The minimum absolute atomic E-state index is 0.796. The van der Waals surface area contributed by atoms with Crippen LogP contribution in [0.2, 0.25) is 0 Å². The molecular weight excluding hydrogens is 312 g/mol. The van der Waals surface area contributed by atoms with Crippen LogP contribution in [-0.2, 0) is 17.8 Å². The summed E-state index contributed by atoms with van der Waals surface area (Å²) in [6, 6.07) is 12.9. The van der Waals surface area contributed by atoms with Gasteiger partial charge in [-0.05, 0) is 23.3 Å². The van der Waals surface area contributed by atoms with Gasteiger partial charge in [-0.1, -0.05) is 24.3 Å². The van der Waals surface area contributed by atoms with Gasteiger partial charge >= 0.3 is 0 Å². The Bertz CT molecular complexity index is 793. The highest BCUT2D eigenvalue weighted by Crippen LogP contribution is 2.20. The Morgan fingerprint density at radius 3 is 2.68 bits per heavy atom. The van der Waals surface area contributed by atoms with Gasteiger partial charge in [-0.2, -0.15) is 0 Å². The lowest BCUT2D eigenvalue weighted by Crippen LogP contribution is -2.35. The van der Waals surface area contributed by atoms with Crippen LogP contribution in [0.1, 0.15) is 11.1 Å². The van der Waals surface area contributed by atoms with Crippen molar-refractivity contribution in [2.45, 2.75) is 13.1 Å². The second-order valence-corrected chi connectivity index (χ2v) is 6.38. The second kappa shape index (κ2) is 7.59. The van der Waals surface area contributed by atoms with Gasteiger partial charge in [0.25, 0.3) is 0 Å². The van der Waals surface area contributed by atoms with E-state index in [1.807, 2.05) is 23.3 Å². The number of benzene rings is 1. The van der Waals surface area contributed by atoms with Crippen LogP contribution >= 0.6 is 0 Å².